The van der Waals surface area contributed by atoms with Gasteiger partial charge in [-0.25, -0.2) is 9.37 Å². The second-order valence-corrected chi connectivity index (χ2v) is 8.19. The van der Waals surface area contributed by atoms with E-state index in [9.17, 15) is 9.18 Å². The third-order valence-electron chi connectivity index (χ3n) is 5.15. The van der Waals surface area contributed by atoms with Crippen LogP contribution < -0.4 is 10.1 Å². The Labute approximate surface area is 186 Å². The van der Waals surface area contributed by atoms with Crippen LogP contribution in [-0.4, -0.2) is 21.4 Å². The Kier molecular flexibility index (Phi) is 5.95. The number of ether oxygens (including phenoxy) is 1. The minimum Gasteiger partial charge on any atom is -0.489 e. The third kappa shape index (κ3) is 4.49. The van der Waals surface area contributed by atoms with Gasteiger partial charge >= 0.3 is 0 Å². The first kappa shape index (κ1) is 21.6. The predicted molar refractivity (Wildman–Crippen MR) is 125 cm³/mol. The summed E-state index contributed by atoms with van der Waals surface area (Å²) in [5.74, 6) is 0.168. The number of carbonyl (C=O) groups is 1. The number of amides is 1. The van der Waals surface area contributed by atoms with E-state index in [4.69, 9.17) is 9.72 Å². The van der Waals surface area contributed by atoms with E-state index in [1.54, 1.807) is 19.1 Å². The molecule has 0 radical (unpaired) electrons. The quantitative estimate of drug-likeness (QED) is 0.424. The van der Waals surface area contributed by atoms with Gasteiger partial charge in [-0.2, -0.15) is 0 Å². The molecule has 0 atom stereocenters. The normalized spacial score (nSPS) is 11.2. The smallest absolute Gasteiger partial charge is 0.230 e. The monoisotopic (exact) mass is 431 g/mol. The lowest BCUT2D eigenvalue weighted by Gasteiger charge is -2.15. The average molecular weight is 432 g/mol. The van der Waals surface area contributed by atoms with Crippen molar-refractivity contribution in [1.29, 1.82) is 0 Å². The zero-order chi connectivity index (χ0) is 22.8. The van der Waals surface area contributed by atoms with Gasteiger partial charge in [0.25, 0.3) is 0 Å². The molecule has 2 aromatic heterocycles. The van der Waals surface area contributed by atoms with Gasteiger partial charge in [0.05, 0.1) is 29.6 Å². The highest BCUT2D eigenvalue weighted by Gasteiger charge is 2.19. The molecule has 0 aliphatic carbocycles. The molecule has 5 nitrogen and oxygen atoms in total. The summed E-state index contributed by atoms with van der Waals surface area (Å²) in [6.07, 6.45) is 2.05. The summed E-state index contributed by atoms with van der Waals surface area (Å²) in [5, 5.41) is 2.97. The van der Waals surface area contributed by atoms with Gasteiger partial charge in [0, 0.05) is 11.8 Å². The number of aromatic nitrogens is 2. The molecule has 32 heavy (non-hydrogen) atoms. The molecular weight excluding hydrogens is 405 g/mol. The Hall–Kier alpha value is -3.67. The van der Waals surface area contributed by atoms with Crippen molar-refractivity contribution in [1.82, 2.24) is 9.38 Å². The zero-order valence-electron chi connectivity index (χ0n) is 18.6. The first-order valence-electron chi connectivity index (χ1n) is 10.6. The van der Waals surface area contributed by atoms with Crippen molar-refractivity contribution in [2.75, 3.05) is 5.32 Å². The maximum atomic E-state index is 13.9. The van der Waals surface area contributed by atoms with Crippen molar-refractivity contribution in [2.45, 2.75) is 40.2 Å². The molecule has 164 valence electrons. The van der Waals surface area contributed by atoms with Crippen molar-refractivity contribution >= 4 is 17.2 Å². The Morgan fingerprint density at radius 2 is 1.91 bits per heavy atom. The first-order chi connectivity index (χ1) is 15.3. The molecule has 0 fully saturated rings. The van der Waals surface area contributed by atoms with Crippen LogP contribution in [0.2, 0.25) is 0 Å². The second-order valence-electron chi connectivity index (χ2n) is 8.19. The SMILES string of the molecule is Cc1ccc2nc(-c3ccc(F)c(C)c3)c(CC(=O)Nc3ccccc3OC(C)C)n2c1. The number of benzene rings is 2. The second kappa shape index (κ2) is 8.83. The molecule has 0 saturated carbocycles. The van der Waals surface area contributed by atoms with Crippen molar-refractivity contribution in [2.24, 2.45) is 0 Å². The number of carbonyl (C=O) groups excluding carboxylic acids is 1. The van der Waals surface area contributed by atoms with Crippen LogP contribution in [0.5, 0.6) is 5.75 Å². The number of rotatable bonds is 6. The molecule has 0 bridgehead atoms. The minimum absolute atomic E-state index is 0.0110. The van der Waals surface area contributed by atoms with Gasteiger partial charge in [-0.1, -0.05) is 18.2 Å². The molecule has 1 N–H and O–H groups in total. The van der Waals surface area contributed by atoms with Crippen LogP contribution >= 0.6 is 0 Å². The topological polar surface area (TPSA) is 55.6 Å². The van der Waals surface area contributed by atoms with E-state index in [1.807, 2.05) is 67.8 Å². The maximum absolute atomic E-state index is 13.9. The Balaban J connectivity index is 1.71. The summed E-state index contributed by atoms with van der Waals surface area (Å²) >= 11 is 0. The van der Waals surface area contributed by atoms with Gasteiger partial charge in [-0.3, -0.25) is 4.79 Å². The Morgan fingerprint density at radius 1 is 1.12 bits per heavy atom. The van der Waals surface area contributed by atoms with E-state index >= 15 is 0 Å². The van der Waals surface area contributed by atoms with E-state index in [0.29, 0.717) is 22.7 Å². The molecule has 0 saturated heterocycles. The lowest BCUT2D eigenvalue weighted by Crippen LogP contribution is -2.17. The Bertz CT molecular complexity index is 1290. The van der Waals surface area contributed by atoms with Crippen LogP contribution in [-0.2, 0) is 11.2 Å². The molecule has 2 heterocycles. The van der Waals surface area contributed by atoms with Crippen LogP contribution in [0.4, 0.5) is 10.1 Å². The zero-order valence-corrected chi connectivity index (χ0v) is 18.6. The van der Waals surface area contributed by atoms with Gasteiger partial charge in [0.2, 0.25) is 5.91 Å². The number of halogens is 1. The van der Waals surface area contributed by atoms with E-state index in [2.05, 4.69) is 5.32 Å². The molecular formula is C26H26FN3O2. The number of nitrogens with one attached hydrogen (secondary N) is 1. The number of nitrogens with zero attached hydrogens (tertiary/aromatic N) is 2. The number of imidazole rings is 1. The summed E-state index contributed by atoms with van der Waals surface area (Å²) in [7, 11) is 0. The summed E-state index contributed by atoms with van der Waals surface area (Å²) in [6.45, 7) is 7.59. The molecule has 6 heteroatoms. The molecule has 4 aromatic rings. The molecule has 1 amide bonds. The largest absolute Gasteiger partial charge is 0.489 e. The van der Waals surface area contributed by atoms with Crippen LogP contribution in [0.25, 0.3) is 16.9 Å². The fraction of sp³-hybridized carbons (Fsp3) is 0.231. The molecule has 4 rings (SSSR count). The minimum atomic E-state index is -0.269. The number of para-hydroxylation sites is 2. The van der Waals surface area contributed by atoms with Gasteiger partial charge < -0.3 is 14.5 Å². The van der Waals surface area contributed by atoms with Gasteiger partial charge in [-0.05, 0) is 75.2 Å². The number of aryl methyl sites for hydroxylation is 2. The van der Waals surface area contributed by atoms with Crippen molar-refractivity contribution in [3.63, 3.8) is 0 Å². The summed E-state index contributed by atoms with van der Waals surface area (Å²) in [4.78, 5) is 17.8. The lowest BCUT2D eigenvalue weighted by atomic mass is 10.1. The van der Waals surface area contributed by atoms with Crippen LogP contribution in [0, 0.1) is 19.7 Å². The molecule has 0 aliphatic rings. The third-order valence-corrected chi connectivity index (χ3v) is 5.15. The van der Waals surface area contributed by atoms with E-state index in [1.165, 1.54) is 6.07 Å². The van der Waals surface area contributed by atoms with Crippen LogP contribution in [0.3, 0.4) is 0 Å². The average Bonchev–Trinajstić information content (AvgIpc) is 3.08. The van der Waals surface area contributed by atoms with Crippen molar-refractivity contribution < 1.29 is 13.9 Å². The molecule has 2 aromatic carbocycles. The maximum Gasteiger partial charge on any atom is 0.230 e. The van der Waals surface area contributed by atoms with Gasteiger partial charge in [-0.15, -0.1) is 0 Å². The lowest BCUT2D eigenvalue weighted by molar-refractivity contribution is -0.115. The van der Waals surface area contributed by atoms with E-state index < -0.39 is 0 Å². The number of hydrogen-bond acceptors (Lipinski definition) is 3. The summed E-state index contributed by atoms with van der Waals surface area (Å²) in [5.41, 5.74) is 5.13. The standard InChI is InChI=1S/C26H26FN3O2/c1-16(2)32-23-8-6-5-7-21(23)28-25(31)14-22-26(19-10-11-20(27)18(4)13-19)29-24-12-9-17(3)15-30(22)24/h5-13,15-16H,14H2,1-4H3,(H,28,31). The number of anilines is 1. The van der Waals surface area contributed by atoms with E-state index in [0.717, 1.165) is 22.5 Å². The van der Waals surface area contributed by atoms with Gasteiger partial charge in [0.15, 0.2) is 0 Å². The Morgan fingerprint density at radius 3 is 2.66 bits per heavy atom. The first-order valence-corrected chi connectivity index (χ1v) is 10.6. The van der Waals surface area contributed by atoms with E-state index in [-0.39, 0.29) is 24.2 Å². The van der Waals surface area contributed by atoms with Crippen molar-refractivity contribution in [3.05, 3.63) is 83.4 Å². The van der Waals surface area contributed by atoms with Gasteiger partial charge in [0.1, 0.15) is 17.2 Å². The number of hydrogen-bond donors (Lipinski definition) is 1. The van der Waals surface area contributed by atoms with Crippen LogP contribution in [0.1, 0.15) is 30.7 Å². The number of fused-ring (bicyclic) bond motifs is 1. The predicted octanol–water partition coefficient (Wildman–Crippen LogP) is 5.73. The van der Waals surface area contributed by atoms with Crippen molar-refractivity contribution in [3.8, 4) is 17.0 Å². The number of pyridine rings is 1. The van der Waals surface area contributed by atoms with Crippen LogP contribution in [0.15, 0.2) is 60.8 Å². The molecule has 0 spiro atoms. The summed E-state index contributed by atoms with van der Waals surface area (Å²) in [6, 6.07) is 16.2. The fourth-order valence-electron chi connectivity index (χ4n) is 3.66. The highest BCUT2D eigenvalue weighted by molar-refractivity contribution is 5.94. The highest BCUT2D eigenvalue weighted by Crippen LogP contribution is 2.29. The fourth-order valence-corrected chi connectivity index (χ4v) is 3.66. The summed E-state index contributed by atoms with van der Waals surface area (Å²) < 4.78 is 21.6. The molecule has 0 aliphatic heterocycles. The molecule has 0 unspecified atom stereocenters. The highest BCUT2D eigenvalue weighted by atomic mass is 19.1.